The van der Waals surface area contributed by atoms with Crippen LogP contribution in [0.2, 0.25) is 0 Å². The fraction of sp³-hybridized carbons (Fsp3) is 0.500. The van der Waals surface area contributed by atoms with Gasteiger partial charge in [0.25, 0.3) is 5.89 Å². The van der Waals surface area contributed by atoms with Gasteiger partial charge in [-0.3, -0.25) is 0 Å². The summed E-state index contributed by atoms with van der Waals surface area (Å²) in [5.41, 5.74) is 7.84. The van der Waals surface area contributed by atoms with E-state index in [0.29, 0.717) is 22.9 Å². The van der Waals surface area contributed by atoms with Crippen molar-refractivity contribution < 1.29 is 4.52 Å². The van der Waals surface area contributed by atoms with E-state index in [2.05, 4.69) is 39.9 Å². The van der Waals surface area contributed by atoms with Crippen molar-refractivity contribution in [2.24, 2.45) is 5.41 Å². The number of nitrogen functional groups attached to an aromatic ring is 1. The standard InChI is InChI=1S/C16H20BrN3O/c1-16(2)5-3-10(4-6-16)14-19-15(21-20-14)11-7-12(17)9-13(18)8-11/h7-10H,3-6,18H2,1-2H3. The summed E-state index contributed by atoms with van der Waals surface area (Å²) in [5, 5.41) is 4.18. The third-order valence-corrected chi connectivity index (χ3v) is 4.77. The summed E-state index contributed by atoms with van der Waals surface area (Å²) in [7, 11) is 0. The Morgan fingerprint density at radius 1 is 1.24 bits per heavy atom. The van der Waals surface area contributed by atoms with Crippen LogP contribution in [0.1, 0.15) is 51.3 Å². The van der Waals surface area contributed by atoms with Crippen molar-refractivity contribution in [2.75, 3.05) is 5.73 Å². The molecule has 0 amide bonds. The minimum Gasteiger partial charge on any atom is -0.399 e. The molecular formula is C16H20BrN3O. The van der Waals surface area contributed by atoms with Crippen LogP contribution in [-0.2, 0) is 0 Å². The maximum absolute atomic E-state index is 5.86. The molecule has 1 saturated carbocycles. The molecule has 0 spiro atoms. The van der Waals surface area contributed by atoms with Crippen molar-refractivity contribution >= 4 is 21.6 Å². The summed E-state index contributed by atoms with van der Waals surface area (Å²) in [5.74, 6) is 1.79. The van der Waals surface area contributed by atoms with Crippen LogP contribution in [0, 0.1) is 5.41 Å². The Balaban J connectivity index is 1.80. The quantitative estimate of drug-likeness (QED) is 0.793. The number of nitrogens with two attached hydrogens (primary N) is 1. The molecule has 1 fully saturated rings. The third kappa shape index (κ3) is 3.28. The fourth-order valence-corrected chi connectivity index (χ4v) is 3.42. The molecule has 1 aromatic heterocycles. The number of halogens is 1. The van der Waals surface area contributed by atoms with Gasteiger partial charge in [-0.15, -0.1) is 0 Å². The molecule has 4 nitrogen and oxygen atoms in total. The number of hydrogen-bond donors (Lipinski definition) is 1. The van der Waals surface area contributed by atoms with Gasteiger partial charge in [-0.2, -0.15) is 4.98 Å². The lowest BCUT2D eigenvalue weighted by Gasteiger charge is -2.32. The molecule has 3 rings (SSSR count). The molecule has 1 aliphatic carbocycles. The number of rotatable bonds is 2. The zero-order valence-electron chi connectivity index (χ0n) is 12.4. The summed E-state index contributed by atoms with van der Waals surface area (Å²) in [6.45, 7) is 4.66. The summed E-state index contributed by atoms with van der Waals surface area (Å²) < 4.78 is 6.34. The molecule has 1 aromatic carbocycles. The number of benzene rings is 1. The Hall–Kier alpha value is -1.36. The SMILES string of the molecule is CC1(C)CCC(c2noc(-c3cc(N)cc(Br)c3)n2)CC1. The Bertz CT molecular complexity index is 620. The molecule has 0 bridgehead atoms. The number of aromatic nitrogens is 2. The maximum Gasteiger partial charge on any atom is 0.258 e. The highest BCUT2D eigenvalue weighted by Gasteiger charge is 2.30. The predicted octanol–water partition coefficient (Wildman–Crippen LogP) is 4.77. The van der Waals surface area contributed by atoms with Crippen LogP contribution in [0.25, 0.3) is 11.5 Å². The van der Waals surface area contributed by atoms with E-state index in [1.807, 2.05) is 18.2 Å². The summed E-state index contributed by atoms with van der Waals surface area (Å²) in [6.07, 6.45) is 4.69. The zero-order valence-corrected chi connectivity index (χ0v) is 14.0. The highest BCUT2D eigenvalue weighted by molar-refractivity contribution is 9.10. The van der Waals surface area contributed by atoms with Crippen LogP contribution >= 0.6 is 15.9 Å². The Kier molecular flexibility index (Phi) is 3.78. The lowest BCUT2D eigenvalue weighted by Crippen LogP contribution is -2.20. The first-order valence-corrected chi connectivity index (χ1v) is 8.12. The van der Waals surface area contributed by atoms with Gasteiger partial charge in [0.2, 0.25) is 0 Å². The summed E-state index contributed by atoms with van der Waals surface area (Å²) in [4.78, 5) is 4.58. The van der Waals surface area contributed by atoms with Crippen molar-refractivity contribution in [3.8, 4) is 11.5 Å². The molecule has 112 valence electrons. The lowest BCUT2D eigenvalue weighted by atomic mass is 9.73. The Morgan fingerprint density at radius 2 is 1.95 bits per heavy atom. The lowest BCUT2D eigenvalue weighted by molar-refractivity contribution is 0.218. The number of nitrogens with zero attached hydrogens (tertiary/aromatic N) is 2. The van der Waals surface area contributed by atoms with Crippen molar-refractivity contribution in [3.63, 3.8) is 0 Å². The minimum atomic E-state index is 0.417. The van der Waals surface area contributed by atoms with E-state index in [-0.39, 0.29) is 0 Å². The van der Waals surface area contributed by atoms with Gasteiger partial charge in [-0.25, -0.2) is 0 Å². The first kappa shape index (κ1) is 14.6. The average molecular weight is 350 g/mol. The molecule has 0 aliphatic heterocycles. The van der Waals surface area contributed by atoms with Crippen LogP contribution < -0.4 is 5.73 Å². The fourth-order valence-electron chi connectivity index (χ4n) is 2.91. The van der Waals surface area contributed by atoms with E-state index < -0.39 is 0 Å². The second-order valence-corrected chi connectivity index (χ2v) is 7.59. The van der Waals surface area contributed by atoms with Gasteiger partial charge >= 0.3 is 0 Å². The van der Waals surface area contributed by atoms with Crippen LogP contribution in [0.15, 0.2) is 27.2 Å². The van der Waals surface area contributed by atoms with Crippen molar-refractivity contribution in [3.05, 3.63) is 28.5 Å². The number of anilines is 1. The van der Waals surface area contributed by atoms with Crippen LogP contribution in [0.3, 0.4) is 0 Å². The Labute approximate surface area is 133 Å². The maximum atomic E-state index is 5.86. The van der Waals surface area contributed by atoms with E-state index in [0.717, 1.165) is 28.7 Å². The smallest absolute Gasteiger partial charge is 0.258 e. The molecule has 2 N–H and O–H groups in total. The Morgan fingerprint density at radius 3 is 2.62 bits per heavy atom. The third-order valence-electron chi connectivity index (χ3n) is 4.31. The molecule has 5 heteroatoms. The topological polar surface area (TPSA) is 64.9 Å². The number of hydrogen-bond acceptors (Lipinski definition) is 4. The zero-order chi connectivity index (χ0) is 15.0. The van der Waals surface area contributed by atoms with E-state index >= 15 is 0 Å². The predicted molar refractivity (Wildman–Crippen MR) is 86.8 cm³/mol. The molecular weight excluding hydrogens is 330 g/mol. The molecule has 2 aromatic rings. The highest BCUT2D eigenvalue weighted by Crippen LogP contribution is 2.41. The molecule has 0 radical (unpaired) electrons. The van der Waals surface area contributed by atoms with E-state index in [9.17, 15) is 0 Å². The largest absolute Gasteiger partial charge is 0.399 e. The summed E-state index contributed by atoms with van der Waals surface area (Å²) in [6, 6.07) is 5.65. The van der Waals surface area contributed by atoms with E-state index in [4.69, 9.17) is 10.3 Å². The first-order chi connectivity index (χ1) is 9.93. The van der Waals surface area contributed by atoms with E-state index in [1.54, 1.807) is 0 Å². The van der Waals surface area contributed by atoms with Crippen molar-refractivity contribution in [1.29, 1.82) is 0 Å². The summed E-state index contributed by atoms with van der Waals surface area (Å²) >= 11 is 3.44. The molecule has 1 heterocycles. The van der Waals surface area contributed by atoms with Gasteiger partial charge in [-0.1, -0.05) is 34.9 Å². The van der Waals surface area contributed by atoms with Crippen molar-refractivity contribution in [1.82, 2.24) is 10.1 Å². The van der Waals surface area contributed by atoms with Crippen LogP contribution in [0.5, 0.6) is 0 Å². The second-order valence-electron chi connectivity index (χ2n) is 6.67. The van der Waals surface area contributed by atoms with Crippen LogP contribution in [-0.4, -0.2) is 10.1 Å². The minimum absolute atomic E-state index is 0.417. The van der Waals surface area contributed by atoms with Gasteiger partial charge in [0, 0.05) is 21.6 Å². The molecule has 0 atom stereocenters. The van der Waals surface area contributed by atoms with Crippen LogP contribution in [0.4, 0.5) is 5.69 Å². The van der Waals surface area contributed by atoms with E-state index in [1.165, 1.54) is 12.8 Å². The molecule has 21 heavy (non-hydrogen) atoms. The van der Waals surface area contributed by atoms with Gasteiger partial charge < -0.3 is 10.3 Å². The van der Waals surface area contributed by atoms with Crippen molar-refractivity contribution in [2.45, 2.75) is 45.4 Å². The highest BCUT2D eigenvalue weighted by atomic mass is 79.9. The molecule has 0 saturated heterocycles. The first-order valence-electron chi connectivity index (χ1n) is 7.33. The van der Waals surface area contributed by atoms with Gasteiger partial charge in [0.05, 0.1) is 0 Å². The normalized spacial score (nSPS) is 18.8. The molecule has 1 aliphatic rings. The average Bonchev–Trinajstić information content (AvgIpc) is 2.87. The monoisotopic (exact) mass is 349 g/mol. The molecule has 0 unspecified atom stereocenters. The van der Waals surface area contributed by atoms with Gasteiger partial charge in [0.15, 0.2) is 5.82 Å². The van der Waals surface area contributed by atoms with Gasteiger partial charge in [-0.05, 0) is 49.3 Å². The van der Waals surface area contributed by atoms with Gasteiger partial charge in [0.1, 0.15) is 0 Å². The second kappa shape index (κ2) is 5.44.